The van der Waals surface area contributed by atoms with Crippen LogP contribution in [-0.2, 0) is 13.0 Å². The van der Waals surface area contributed by atoms with E-state index in [4.69, 9.17) is 5.73 Å². The fourth-order valence-electron chi connectivity index (χ4n) is 3.47. The van der Waals surface area contributed by atoms with Gasteiger partial charge in [0.2, 0.25) is 0 Å². The van der Waals surface area contributed by atoms with Crippen LogP contribution in [0, 0.1) is 10.8 Å². The molecule has 0 aromatic carbocycles. The molecule has 5 nitrogen and oxygen atoms in total. The normalized spacial score (nSPS) is 30.5. The molecule has 0 radical (unpaired) electrons. The van der Waals surface area contributed by atoms with Crippen LogP contribution in [-0.4, -0.2) is 32.5 Å². The Morgan fingerprint density at radius 1 is 1.47 bits per heavy atom. The van der Waals surface area contributed by atoms with Crippen LogP contribution in [0.3, 0.4) is 0 Å². The molecule has 2 rings (SSSR count). The Hall–Kier alpha value is -0.940. The van der Waals surface area contributed by atoms with E-state index in [1.165, 1.54) is 0 Å². The highest BCUT2D eigenvalue weighted by molar-refractivity contribution is 5.04. The Morgan fingerprint density at radius 3 is 2.84 bits per heavy atom. The summed E-state index contributed by atoms with van der Waals surface area (Å²) in [4.78, 5) is 4.34. The monoisotopic (exact) mass is 266 g/mol. The molecule has 0 saturated heterocycles. The maximum Gasteiger partial charge on any atom is 0.138 e. The second-order valence-electron chi connectivity index (χ2n) is 6.48. The minimum absolute atomic E-state index is 0.0747. The van der Waals surface area contributed by atoms with E-state index >= 15 is 0 Å². The molecule has 5 heteroatoms. The first-order valence-corrected chi connectivity index (χ1v) is 7.20. The van der Waals surface area contributed by atoms with Crippen molar-refractivity contribution in [3.63, 3.8) is 0 Å². The Kier molecular flexibility index (Phi) is 3.97. The molecular weight excluding hydrogens is 240 g/mol. The Labute approximate surface area is 115 Å². The lowest BCUT2D eigenvalue weighted by molar-refractivity contribution is -0.0896. The first kappa shape index (κ1) is 14.5. The molecule has 3 N–H and O–H groups in total. The minimum atomic E-state index is -0.388. The molecule has 2 atom stereocenters. The molecule has 0 aliphatic heterocycles. The Balaban J connectivity index is 2.27. The largest absolute Gasteiger partial charge is 0.392 e. The molecule has 1 aromatic heterocycles. The Bertz CT molecular complexity index is 429. The van der Waals surface area contributed by atoms with Crippen LogP contribution in [0.25, 0.3) is 0 Å². The molecule has 1 heterocycles. The highest BCUT2D eigenvalue weighted by Gasteiger charge is 2.48. The molecule has 19 heavy (non-hydrogen) atoms. The molecule has 1 fully saturated rings. The summed E-state index contributed by atoms with van der Waals surface area (Å²) in [6.07, 6.45) is 5.04. The summed E-state index contributed by atoms with van der Waals surface area (Å²) in [6, 6.07) is 0. The maximum atomic E-state index is 10.8. The van der Waals surface area contributed by atoms with Gasteiger partial charge in [0.05, 0.1) is 6.10 Å². The van der Waals surface area contributed by atoms with Gasteiger partial charge in [0, 0.05) is 24.9 Å². The summed E-state index contributed by atoms with van der Waals surface area (Å²) >= 11 is 0. The number of hydrogen-bond donors (Lipinski definition) is 2. The third-order valence-electron chi connectivity index (χ3n) is 4.73. The van der Waals surface area contributed by atoms with Gasteiger partial charge in [0.1, 0.15) is 12.2 Å². The third-order valence-corrected chi connectivity index (χ3v) is 4.73. The number of rotatable bonds is 4. The molecule has 0 spiro atoms. The summed E-state index contributed by atoms with van der Waals surface area (Å²) in [6.45, 7) is 7.61. The average molecular weight is 266 g/mol. The van der Waals surface area contributed by atoms with Crippen molar-refractivity contribution >= 4 is 0 Å². The van der Waals surface area contributed by atoms with E-state index in [1.807, 2.05) is 4.68 Å². The molecule has 1 aromatic rings. The van der Waals surface area contributed by atoms with Gasteiger partial charge in [0.15, 0.2) is 0 Å². The van der Waals surface area contributed by atoms with Gasteiger partial charge in [0.25, 0.3) is 0 Å². The molecule has 0 amide bonds. The lowest BCUT2D eigenvalue weighted by Gasteiger charge is -2.49. The second kappa shape index (κ2) is 5.21. The number of aliphatic hydroxyl groups is 1. The zero-order valence-electron chi connectivity index (χ0n) is 12.3. The van der Waals surface area contributed by atoms with Crippen LogP contribution in [0.4, 0.5) is 0 Å². The van der Waals surface area contributed by atoms with E-state index in [-0.39, 0.29) is 16.9 Å². The molecule has 1 aliphatic carbocycles. The predicted molar refractivity (Wildman–Crippen MR) is 74.5 cm³/mol. The minimum Gasteiger partial charge on any atom is -0.392 e. The lowest BCUT2D eigenvalue weighted by Crippen LogP contribution is -2.53. The van der Waals surface area contributed by atoms with Crippen molar-refractivity contribution in [1.29, 1.82) is 0 Å². The van der Waals surface area contributed by atoms with Crippen LogP contribution in [0.5, 0.6) is 0 Å². The molecule has 2 unspecified atom stereocenters. The maximum absolute atomic E-state index is 10.8. The van der Waals surface area contributed by atoms with Gasteiger partial charge in [-0.2, -0.15) is 5.10 Å². The van der Waals surface area contributed by atoms with E-state index in [2.05, 4.69) is 30.9 Å². The zero-order chi connectivity index (χ0) is 14.1. The fourth-order valence-corrected chi connectivity index (χ4v) is 3.47. The van der Waals surface area contributed by atoms with Crippen molar-refractivity contribution in [2.24, 2.45) is 16.6 Å². The number of aliphatic hydroxyl groups excluding tert-OH is 1. The van der Waals surface area contributed by atoms with Crippen LogP contribution < -0.4 is 5.73 Å². The molecule has 108 valence electrons. The average Bonchev–Trinajstić information content (AvgIpc) is 2.82. The zero-order valence-corrected chi connectivity index (χ0v) is 12.3. The SMILES string of the molecule is CCn1ncnc1CC1(CN)CCCC(C)(C)C1O. The summed E-state index contributed by atoms with van der Waals surface area (Å²) < 4.78 is 1.89. The molecule has 0 bridgehead atoms. The lowest BCUT2D eigenvalue weighted by atomic mass is 9.59. The highest BCUT2D eigenvalue weighted by atomic mass is 16.3. The summed E-state index contributed by atoms with van der Waals surface area (Å²) in [7, 11) is 0. The van der Waals surface area contributed by atoms with Gasteiger partial charge in [-0.1, -0.05) is 20.3 Å². The fraction of sp³-hybridized carbons (Fsp3) is 0.857. The van der Waals surface area contributed by atoms with Gasteiger partial charge >= 0.3 is 0 Å². The smallest absolute Gasteiger partial charge is 0.138 e. The quantitative estimate of drug-likeness (QED) is 0.862. The molecule has 1 saturated carbocycles. The number of aryl methyl sites for hydroxylation is 1. The van der Waals surface area contributed by atoms with E-state index in [0.29, 0.717) is 13.0 Å². The first-order valence-electron chi connectivity index (χ1n) is 7.20. The van der Waals surface area contributed by atoms with Crippen molar-refractivity contribution in [2.75, 3.05) is 6.54 Å². The van der Waals surface area contributed by atoms with Gasteiger partial charge in [-0.05, 0) is 25.2 Å². The highest BCUT2D eigenvalue weighted by Crippen LogP contribution is 2.47. The van der Waals surface area contributed by atoms with E-state index < -0.39 is 0 Å². The predicted octanol–water partition coefficient (Wildman–Crippen LogP) is 1.36. The van der Waals surface area contributed by atoms with Crippen molar-refractivity contribution < 1.29 is 5.11 Å². The third kappa shape index (κ3) is 2.54. The molecular formula is C14H26N4O. The number of nitrogens with two attached hydrogens (primary N) is 1. The van der Waals surface area contributed by atoms with Crippen LogP contribution in [0.1, 0.15) is 45.9 Å². The summed E-state index contributed by atoms with van der Waals surface area (Å²) in [5.74, 6) is 0.935. The topological polar surface area (TPSA) is 77.0 Å². The van der Waals surface area contributed by atoms with Gasteiger partial charge in [-0.3, -0.25) is 4.68 Å². The summed E-state index contributed by atoms with van der Waals surface area (Å²) in [5, 5.41) is 15.0. The van der Waals surface area contributed by atoms with Crippen LogP contribution in [0.2, 0.25) is 0 Å². The van der Waals surface area contributed by atoms with E-state index in [1.54, 1.807) is 6.33 Å². The van der Waals surface area contributed by atoms with E-state index in [0.717, 1.165) is 31.6 Å². The number of aromatic nitrogens is 3. The standard InChI is InChI=1S/C14H26N4O/c1-4-18-11(16-10-17-18)8-14(9-15)7-5-6-13(2,3)12(14)19/h10,12,19H,4-9,15H2,1-3H3. The number of nitrogens with zero attached hydrogens (tertiary/aromatic N) is 3. The van der Waals surface area contributed by atoms with Crippen molar-refractivity contribution in [3.05, 3.63) is 12.2 Å². The van der Waals surface area contributed by atoms with Gasteiger partial charge in [-0.15, -0.1) is 0 Å². The van der Waals surface area contributed by atoms with Gasteiger partial charge in [-0.25, -0.2) is 4.98 Å². The van der Waals surface area contributed by atoms with Crippen molar-refractivity contribution in [2.45, 2.75) is 59.1 Å². The van der Waals surface area contributed by atoms with E-state index in [9.17, 15) is 5.11 Å². The van der Waals surface area contributed by atoms with Crippen LogP contribution >= 0.6 is 0 Å². The van der Waals surface area contributed by atoms with Crippen molar-refractivity contribution in [3.8, 4) is 0 Å². The summed E-state index contributed by atoms with van der Waals surface area (Å²) in [5.41, 5.74) is 5.70. The number of hydrogen-bond acceptors (Lipinski definition) is 4. The molecule has 1 aliphatic rings. The van der Waals surface area contributed by atoms with Crippen molar-refractivity contribution in [1.82, 2.24) is 14.8 Å². The Morgan fingerprint density at radius 2 is 2.21 bits per heavy atom. The first-order chi connectivity index (χ1) is 8.95. The van der Waals surface area contributed by atoms with Crippen LogP contribution in [0.15, 0.2) is 6.33 Å². The van der Waals surface area contributed by atoms with Gasteiger partial charge < -0.3 is 10.8 Å². The second-order valence-corrected chi connectivity index (χ2v) is 6.48.